The van der Waals surface area contributed by atoms with Crippen molar-refractivity contribution in [2.75, 3.05) is 39.6 Å². The normalized spacial score (nSPS) is 19.4. The lowest BCUT2D eigenvalue weighted by atomic mass is 9.97. The van der Waals surface area contributed by atoms with E-state index in [1.165, 1.54) is 6.92 Å². The summed E-state index contributed by atoms with van der Waals surface area (Å²) in [6, 6.07) is 0. The minimum absolute atomic E-state index is 0.00350. The van der Waals surface area contributed by atoms with Crippen LogP contribution in [-0.2, 0) is 28.5 Å². The van der Waals surface area contributed by atoms with Gasteiger partial charge in [0.05, 0.1) is 39.6 Å². The molecule has 2 saturated heterocycles. The summed E-state index contributed by atoms with van der Waals surface area (Å²) in [6.45, 7) is 16.7. The van der Waals surface area contributed by atoms with Gasteiger partial charge in [0.1, 0.15) is 12.2 Å². The molecule has 0 aromatic heterocycles. The number of esters is 1. The van der Waals surface area contributed by atoms with Crippen molar-refractivity contribution < 1.29 is 38.7 Å². The maximum absolute atomic E-state index is 10.9. The van der Waals surface area contributed by atoms with Crippen LogP contribution in [0.25, 0.3) is 0 Å². The van der Waals surface area contributed by atoms with Gasteiger partial charge in [0.25, 0.3) is 0 Å². The summed E-state index contributed by atoms with van der Waals surface area (Å²) in [5.74, 6) is -1.34. The molecule has 2 unspecified atom stereocenters. The highest BCUT2D eigenvalue weighted by atomic mass is 16.6. The lowest BCUT2D eigenvalue weighted by molar-refractivity contribution is -0.142. The molecule has 0 spiro atoms. The fraction of sp³-hybridized carbons (Fsp3) is 0.684. The van der Waals surface area contributed by atoms with Crippen molar-refractivity contribution in [3.8, 4) is 0 Å². The molecule has 27 heavy (non-hydrogen) atoms. The SMILES string of the molecule is C(OCC1CO1)C1CO1.C=C(C)C(=O)O.C=C(C)C(=O)OCC(C)(C)CO. The standard InChI is InChI=1S/C9H16O3.C6H10O3.C4H6O2/c1-7(2)8(11)12-6-9(3,4)5-10;1(5-3-8-5)7-2-6-4-9-6;1-3(2)4(5)6/h10H,1,5-6H2,2-4H3;5-6H,1-4H2;1H2,2H3,(H,5,6). The molecular weight excluding hydrogens is 356 g/mol. The summed E-state index contributed by atoms with van der Waals surface area (Å²) in [6.07, 6.45) is 0.785. The topological polar surface area (TPSA) is 118 Å². The Labute approximate surface area is 160 Å². The number of ether oxygens (including phenoxy) is 4. The number of carbonyl (C=O) groups is 2. The number of rotatable bonds is 9. The first-order chi connectivity index (χ1) is 12.5. The number of hydrogen-bond acceptors (Lipinski definition) is 7. The van der Waals surface area contributed by atoms with Gasteiger partial charge in [-0.05, 0) is 13.8 Å². The Balaban J connectivity index is 0.000000397. The molecule has 2 atom stereocenters. The molecule has 0 bridgehead atoms. The van der Waals surface area contributed by atoms with E-state index in [1.807, 2.05) is 13.8 Å². The molecule has 156 valence electrons. The first-order valence-corrected chi connectivity index (χ1v) is 8.61. The van der Waals surface area contributed by atoms with Crippen molar-refractivity contribution in [2.45, 2.75) is 39.9 Å². The van der Waals surface area contributed by atoms with Crippen LogP contribution >= 0.6 is 0 Å². The average molecular weight is 388 g/mol. The molecule has 2 N–H and O–H groups in total. The third-order valence-corrected chi connectivity index (χ3v) is 3.15. The van der Waals surface area contributed by atoms with E-state index in [0.717, 1.165) is 26.4 Å². The average Bonchev–Trinajstić information content (AvgIpc) is 3.49. The third kappa shape index (κ3) is 16.2. The van der Waals surface area contributed by atoms with Crippen LogP contribution in [0.2, 0.25) is 0 Å². The Kier molecular flexibility index (Phi) is 11.8. The Bertz CT molecular complexity index is 480. The molecule has 2 aliphatic heterocycles. The van der Waals surface area contributed by atoms with Crippen molar-refractivity contribution in [3.63, 3.8) is 0 Å². The van der Waals surface area contributed by atoms with Gasteiger partial charge < -0.3 is 29.2 Å². The maximum Gasteiger partial charge on any atom is 0.333 e. The molecule has 0 saturated carbocycles. The van der Waals surface area contributed by atoms with Crippen LogP contribution in [0, 0.1) is 5.41 Å². The molecule has 0 aromatic carbocycles. The quantitative estimate of drug-likeness (QED) is 0.347. The van der Waals surface area contributed by atoms with E-state index in [1.54, 1.807) is 6.92 Å². The number of aliphatic hydroxyl groups is 1. The molecule has 0 aromatic rings. The second kappa shape index (κ2) is 12.6. The zero-order valence-electron chi connectivity index (χ0n) is 16.7. The van der Waals surface area contributed by atoms with E-state index in [2.05, 4.69) is 13.2 Å². The molecule has 2 aliphatic rings. The van der Waals surface area contributed by atoms with E-state index >= 15 is 0 Å². The lowest BCUT2D eigenvalue weighted by Crippen LogP contribution is -2.25. The number of aliphatic carboxylic acids is 1. The Morgan fingerprint density at radius 1 is 1.07 bits per heavy atom. The van der Waals surface area contributed by atoms with Crippen LogP contribution < -0.4 is 0 Å². The monoisotopic (exact) mass is 388 g/mol. The molecule has 0 amide bonds. The fourth-order valence-corrected chi connectivity index (χ4v) is 1.09. The summed E-state index contributed by atoms with van der Waals surface area (Å²) in [5, 5.41) is 16.7. The molecule has 8 nitrogen and oxygen atoms in total. The predicted octanol–water partition coefficient (Wildman–Crippen LogP) is 1.57. The van der Waals surface area contributed by atoms with E-state index in [0.29, 0.717) is 17.8 Å². The highest BCUT2D eigenvalue weighted by Gasteiger charge is 2.26. The van der Waals surface area contributed by atoms with Gasteiger partial charge in [0.2, 0.25) is 0 Å². The summed E-state index contributed by atoms with van der Waals surface area (Å²) in [4.78, 5) is 20.5. The number of epoxide rings is 2. The van der Waals surface area contributed by atoms with E-state index < -0.39 is 11.9 Å². The van der Waals surface area contributed by atoms with Gasteiger partial charge in [0, 0.05) is 16.6 Å². The van der Waals surface area contributed by atoms with Crippen LogP contribution in [-0.4, -0.2) is 74.0 Å². The van der Waals surface area contributed by atoms with Crippen molar-refractivity contribution in [1.82, 2.24) is 0 Å². The number of carboxylic acids is 1. The molecule has 2 rings (SSSR count). The smallest absolute Gasteiger partial charge is 0.333 e. The maximum atomic E-state index is 10.9. The first-order valence-electron chi connectivity index (χ1n) is 8.61. The second-order valence-corrected chi connectivity index (χ2v) is 7.21. The van der Waals surface area contributed by atoms with Crippen molar-refractivity contribution >= 4 is 11.9 Å². The van der Waals surface area contributed by atoms with Gasteiger partial charge >= 0.3 is 11.9 Å². The highest BCUT2D eigenvalue weighted by molar-refractivity contribution is 5.86. The number of carbonyl (C=O) groups excluding carboxylic acids is 1. The molecule has 2 heterocycles. The summed E-state index contributed by atoms with van der Waals surface area (Å²) < 4.78 is 20.0. The molecule has 2 fully saturated rings. The van der Waals surface area contributed by atoms with Crippen LogP contribution in [0.15, 0.2) is 24.3 Å². The largest absolute Gasteiger partial charge is 0.478 e. The number of aliphatic hydroxyl groups excluding tert-OH is 1. The number of carboxylic acid groups (broad SMARTS) is 1. The van der Waals surface area contributed by atoms with Crippen LogP contribution in [0.4, 0.5) is 0 Å². The highest BCUT2D eigenvalue weighted by Crippen LogP contribution is 2.14. The van der Waals surface area contributed by atoms with E-state index in [9.17, 15) is 9.59 Å². The third-order valence-electron chi connectivity index (χ3n) is 3.15. The minimum atomic E-state index is -0.935. The zero-order valence-corrected chi connectivity index (χ0v) is 16.7. The number of hydrogen-bond donors (Lipinski definition) is 2. The van der Waals surface area contributed by atoms with Crippen LogP contribution in [0.3, 0.4) is 0 Å². The van der Waals surface area contributed by atoms with Crippen molar-refractivity contribution in [3.05, 3.63) is 24.3 Å². The van der Waals surface area contributed by atoms with E-state index in [4.69, 9.17) is 29.2 Å². The van der Waals surface area contributed by atoms with Crippen molar-refractivity contribution in [1.29, 1.82) is 0 Å². The Morgan fingerprint density at radius 2 is 1.48 bits per heavy atom. The van der Waals surface area contributed by atoms with Crippen molar-refractivity contribution in [2.24, 2.45) is 5.41 Å². The summed E-state index contributed by atoms with van der Waals surface area (Å²) in [5.41, 5.74) is 0.184. The first kappa shape index (κ1) is 25.3. The fourth-order valence-electron chi connectivity index (χ4n) is 1.09. The van der Waals surface area contributed by atoms with Gasteiger partial charge in [-0.2, -0.15) is 0 Å². The molecule has 0 radical (unpaired) electrons. The van der Waals surface area contributed by atoms with Gasteiger partial charge in [-0.25, -0.2) is 9.59 Å². The van der Waals surface area contributed by atoms with Crippen LogP contribution in [0.5, 0.6) is 0 Å². The Hall–Kier alpha value is -1.74. The summed E-state index contributed by atoms with van der Waals surface area (Å²) in [7, 11) is 0. The predicted molar refractivity (Wildman–Crippen MR) is 99.4 cm³/mol. The van der Waals surface area contributed by atoms with Gasteiger partial charge in [0.15, 0.2) is 0 Å². The molecule has 0 aliphatic carbocycles. The summed E-state index contributed by atoms with van der Waals surface area (Å²) >= 11 is 0. The minimum Gasteiger partial charge on any atom is -0.478 e. The van der Waals surface area contributed by atoms with Crippen LogP contribution in [0.1, 0.15) is 27.7 Å². The van der Waals surface area contributed by atoms with E-state index in [-0.39, 0.29) is 24.2 Å². The second-order valence-electron chi connectivity index (χ2n) is 7.21. The molecule has 8 heteroatoms. The van der Waals surface area contributed by atoms with Gasteiger partial charge in [-0.15, -0.1) is 0 Å². The lowest BCUT2D eigenvalue weighted by Gasteiger charge is -2.20. The zero-order chi connectivity index (χ0) is 21.0. The Morgan fingerprint density at radius 3 is 1.74 bits per heavy atom. The van der Waals surface area contributed by atoms with Gasteiger partial charge in [-0.3, -0.25) is 0 Å². The molecular formula is C19H32O8. The van der Waals surface area contributed by atoms with Gasteiger partial charge in [-0.1, -0.05) is 27.0 Å².